The predicted molar refractivity (Wildman–Crippen MR) is 116 cm³/mol. The minimum Gasteiger partial charge on any atom is -0.493 e. The molecule has 0 aliphatic heterocycles. The number of sulfonamides is 1. The number of carbonyl (C=O) groups is 1. The summed E-state index contributed by atoms with van der Waals surface area (Å²) in [7, 11) is -1.23. The Kier molecular flexibility index (Phi) is 6.67. The van der Waals surface area contributed by atoms with Gasteiger partial charge in [-0.2, -0.15) is 0 Å². The highest BCUT2D eigenvalue weighted by Crippen LogP contribution is 2.31. The maximum absolute atomic E-state index is 14.5. The molecule has 0 aliphatic rings. The number of hydrogen-bond donors (Lipinski definition) is 2. The number of rotatable bonds is 7. The maximum atomic E-state index is 14.5. The molecule has 3 aromatic rings. The van der Waals surface area contributed by atoms with Crippen LogP contribution in [0.5, 0.6) is 11.5 Å². The highest BCUT2D eigenvalue weighted by atomic mass is 35.5. The summed E-state index contributed by atoms with van der Waals surface area (Å²) in [5.74, 6) is -0.791. The third-order valence-electron chi connectivity index (χ3n) is 4.25. The third kappa shape index (κ3) is 5.07. The molecule has 7 nitrogen and oxygen atoms in total. The van der Waals surface area contributed by atoms with E-state index in [1.807, 2.05) is 0 Å². The molecule has 3 aromatic carbocycles. The van der Waals surface area contributed by atoms with Crippen LogP contribution in [0.25, 0.3) is 0 Å². The molecule has 0 aromatic heterocycles. The molecule has 0 unspecified atom stereocenters. The molecule has 3 rings (SSSR count). The molecule has 1 amide bonds. The second-order valence-electron chi connectivity index (χ2n) is 6.25. The summed E-state index contributed by atoms with van der Waals surface area (Å²) in [4.78, 5) is 12.0. The lowest BCUT2D eigenvalue weighted by Gasteiger charge is -2.13. The van der Waals surface area contributed by atoms with Crippen LogP contribution in [-0.2, 0) is 10.0 Å². The van der Waals surface area contributed by atoms with Crippen LogP contribution in [0.4, 0.5) is 15.8 Å². The minimum absolute atomic E-state index is 0.162. The van der Waals surface area contributed by atoms with Gasteiger partial charge >= 0.3 is 0 Å². The summed E-state index contributed by atoms with van der Waals surface area (Å²) in [5.41, 5.74) is 0.180. The summed E-state index contributed by atoms with van der Waals surface area (Å²) in [6.45, 7) is 0. The van der Waals surface area contributed by atoms with Crippen molar-refractivity contribution in [1.82, 2.24) is 0 Å². The van der Waals surface area contributed by atoms with Crippen molar-refractivity contribution in [3.63, 3.8) is 0 Å². The van der Waals surface area contributed by atoms with Gasteiger partial charge in [0.2, 0.25) is 0 Å². The Morgan fingerprint density at radius 1 is 0.968 bits per heavy atom. The first-order valence-electron chi connectivity index (χ1n) is 8.85. The Morgan fingerprint density at radius 3 is 2.32 bits per heavy atom. The molecule has 0 fully saturated rings. The normalized spacial score (nSPS) is 11.0. The first-order valence-corrected chi connectivity index (χ1v) is 10.7. The van der Waals surface area contributed by atoms with Crippen LogP contribution in [-0.4, -0.2) is 28.5 Å². The van der Waals surface area contributed by atoms with E-state index in [-0.39, 0.29) is 26.9 Å². The lowest BCUT2D eigenvalue weighted by Crippen LogP contribution is -2.16. The van der Waals surface area contributed by atoms with Gasteiger partial charge in [-0.05, 0) is 42.5 Å². The summed E-state index contributed by atoms with van der Waals surface area (Å²) >= 11 is 5.97. The molecule has 0 saturated carbocycles. The monoisotopic (exact) mass is 464 g/mol. The van der Waals surface area contributed by atoms with Gasteiger partial charge in [0, 0.05) is 6.07 Å². The predicted octanol–water partition coefficient (Wildman–Crippen LogP) is 4.55. The molecule has 0 radical (unpaired) electrons. The van der Waals surface area contributed by atoms with Crippen molar-refractivity contribution in [1.29, 1.82) is 0 Å². The molecule has 2 N–H and O–H groups in total. The molecule has 10 heteroatoms. The highest BCUT2D eigenvalue weighted by Gasteiger charge is 2.19. The van der Waals surface area contributed by atoms with Crippen LogP contribution in [0, 0.1) is 5.82 Å². The number of anilines is 2. The average molecular weight is 465 g/mol. The van der Waals surface area contributed by atoms with Gasteiger partial charge in [-0.15, -0.1) is 0 Å². The fourth-order valence-electron chi connectivity index (χ4n) is 2.71. The van der Waals surface area contributed by atoms with Gasteiger partial charge in [0.15, 0.2) is 11.5 Å². The van der Waals surface area contributed by atoms with E-state index in [4.69, 9.17) is 21.1 Å². The molecule has 0 spiro atoms. The molecule has 0 saturated heterocycles. The van der Waals surface area contributed by atoms with E-state index < -0.39 is 21.7 Å². The molecule has 0 heterocycles. The quantitative estimate of drug-likeness (QED) is 0.535. The van der Waals surface area contributed by atoms with Crippen molar-refractivity contribution in [2.24, 2.45) is 0 Å². The average Bonchev–Trinajstić information content (AvgIpc) is 2.74. The van der Waals surface area contributed by atoms with Gasteiger partial charge in [0.05, 0.1) is 41.1 Å². The van der Waals surface area contributed by atoms with E-state index in [1.165, 1.54) is 50.6 Å². The van der Waals surface area contributed by atoms with Gasteiger partial charge < -0.3 is 14.8 Å². The Bertz CT molecular complexity index is 1230. The standard InChI is InChI=1S/C21H18ClFN2O5S/c1-29-19-10-7-13(11-20(19)30-2)25-31(27,28)14-8-9-18(17(23)12-14)24-21(26)15-5-3-4-6-16(15)22/h3-12,25H,1-2H3,(H,24,26). The summed E-state index contributed by atoms with van der Waals surface area (Å²) in [5, 5.41) is 2.59. The SMILES string of the molecule is COc1ccc(NS(=O)(=O)c2ccc(NC(=O)c3ccccc3Cl)c(F)c2)cc1OC. The molecule has 31 heavy (non-hydrogen) atoms. The summed E-state index contributed by atoms with van der Waals surface area (Å²) in [6, 6.07) is 13.9. The second-order valence-corrected chi connectivity index (χ2v) is 8.34. The van der Waals surface area contributed by atoms with Gasteiger partial charge in [0.1, 0.15) is 5.82 Å². The van der Waals surface area contributed by atoms with E-state index in [9.17, 15) is 17.6 Å². The van der Waals surface area contributed by atoms with Crippen LogP contribution in [0.2, 0.25) is 5.02 Å². The smallest absolute Gasteiger partial charge is 0.262 e. The fourth-order valence-corrected chi connectivity index (χ4v) is 4.00. The van der Waals surface area contributed by atoms with E-state index in [0.717, 1.165) is 12.1 Å². The van der Waals surface area contributed by atoms with E-state index >= 15 is 0 Å². The minimum atomic E-state index is -4.10. The van der Waals surface area contributed by atoms with E-state index in [0.29, 0.717) is 11.5 Å². The van der Waals surface area contributed by atoms with E-state index in [1.54, 1.807) is 12.1 Å². The van der Waals surface area contributed by atoms with Crippen LogP contribution in [0.1, 0.15) is 10.4 Å². The van der Waals surface area contributed by atoms with Crippen LogP contribution < -0.4 is 19.5 Å². The fraction of sp³-hybridized carbons (Fsp3) is 0.0952. The first-order chi connectivity index (χ1) is 14.7. The van der Waals surface area contributed by atoms with Gasteiger partial charge in [-0.25, -0.2) is 12.8 Å². The molecule has 0 aliphatic carbocycles. The van der Waals surface area contributed by atoms with E-state index in [2.05, 4.69) is 10.0 Å². The molecule has 0 atom stereocenters. The van der Waals surface area contributed by atoms with Crippen molar-refractivity contribution in [3.8, 4) is 11.5 Å². The maximum Gasteiger partial charge on any atom is 0.262 e. The zero-order valence-electron chi connectivity index (χ0n) is 16.5. The number of ether oxygens (including phenoxy) is 2. The largest absolute Gasteiger partial charge is 0.493 e. The van der Waals surface area contributed by atoms with Crippen molar-refractivity contribution >= 4 is 38.9 Å². The topological polar surface area (TPSA) is 93.7 Å². The molecule has 162 valence electrons. The Morgan fingerprint density at radius 2 is 1.68 bits per heavy atom. The van der Waals surface area contributed by atoms with Crippen LogP contribution in [0.3, 0.4) is 0 Å². The lowest BCUT2D eigenvalue weighted by atomic mass is 10.2. The number of benzene rings is 3. The van der Waals surface area contributed by atoms with Crippen LogP contribution in [0.15, 0.2) is 65.6 Å². The van der Waals surface area contributed by atoms with Crippen LogP contribution >= 0.6 is 11.6 Å². The summed E-state index contributed by atoms with van der Waals surface area (Å²) in [6.07, 6.45) is 0. The number of halogens is 2. The number of nitrogens with one attached hydrogen (secondary N) is 2. The highest BCUT2D eigenvalue weighted by molar-refractivity contribution is 7.92. The number of amides is 1. The Hall–Kier alpha value is -3.30. The molecule has 0 bridgehead atoms. The van der Waals surface area contributed by atoms with Crippen molar-refractivity contribution < 1.29 is 27.1 Å². The number of hydrogen-bond acceptors (Lipinski definition) is 5. The van der Waals surface area contributed by atoms with Crippen molar-refractivity contribution in [2.45, 2.75) is 4.90 Å². The Balaban J connectivity index is 1.81. The van der Waals surface area contributed by atoms with Crippen molar-refractivity contribution in [2.75, 3.05) is 24.3 Å². The van der Waals surface area contributed by atoms with Gasteiger partial charge in [-0.1, -0.05) is 23.7 Å². The molecular weight excluding hydrogens is 447 g/mol. The third-order valence-corrected chi connectivity index (χ3v) is 5.96. The lowest BCUT2D eigenvalue weighted by molar-refractivity contribution is 0.102. The number of carbonyl (C=O) groups excluding carboxylic acids is 1. The van der Waals surface area contributed by atoms with Gasteiger partial charge in [0.25, 0.3) is 15.9 Å². The summed E-state index contributed by atoms with van der Waals surface area (Å²) < 4.78 is 52.4. The number of methoxy groups -OCH3 is 2. The molecular formula is C21H18ClFN2O5S. The van der Waals surface area contributed by atoms with Crippen molar-refractivity contribution in [3.05, 3.63) is 77.1 Å². The zero-order valence-corrected chi connectivity index (χ0v) is 18.1. The first kappa shape index (κ1) is 22.4. The zero-order chi connectivity index (χ0) is 22.6. The Labute approximate surface area is 183 Å². The second kappa shape index (κ2) is 9.23. The van der Waals surface area contributed by atoms with Gasteiger partial charge in [-0.3, -0.25) is 9.52 Å².